The second-order valence-electron chi connectivity index (χ2n) is 9.55. The van der Waals surface area contributed by atoms with E-state index in [9.17, 15) is 14.9 Å². The lowest BCUT2D eigenvalue weighted by Crippen LogP contribution is -2.61. The van der Waals surface area contributed by atoms with E-state index in [1.165, 1.54) is 0 Å². The van der Waals surface area contributed by atoms with Crippen LogP contribution in [0.3, 0.4) is 0 Å². The van der Waals surface area contributed by atoms with Gasteiger partial charge in [-0.05, 0) is 67.8 Å². The van der Waals surface area contributed by atoms with E-state index in [-0.39, 0.29) is 17.9 Å². The Balaban J connectivity index is 1.24. The summed E-state index contributed by atoms with van der Waals surface area (Å²) in [4.78, 5) is 31.3. The number of carbonyl (C=O) groups is 2. The second kappa shape index (κ2) is 11.1. The first-order valence-electron chi connectivity index (χ1n) is 12.8. The monoisotopic (exact) mass is 488 g/mol. The first-order chi connectivity index (χ1) is 17.6. The highest BCUT2D eigenvalue weighted by Crippen LogP contribution is 2.38. The predicted octanol–water partition coefficient (Wildman–Crippen LogP) is 3.13. The van der Waals surface area contributed by atoms with Crippen LogP contribution in [-0.4, -0.2) is 73.7 Å². The van der Waals surface area contributed by atoms with Crippen molar-refractivity contribution in [2.24, 2.45) is 0 Å². The molecular weight excluding hydrogens is 456 g/mol. The van der Waals surface area contributed by atoms with Crippen LogP contribution in [0.1, 0.15) is 42.9 Å². The standard InChI is InChI=1S/C28H32N4O4/c29-20-21-5-7-22(8-6-21)26-27(28(34)32(26)14-2-1-13-30-16-18-35-19-17-30)36-24-11-9-23(10-12-24)31-15-3-4-25(31)33/h5-12,26-27H,1-4,13-19H2. The van der Waals surface area contributed by atoms with Crippen LogP contribution in [0.25, 0.3) is 0 Å². The van der Waals surface area contributed by atoms with Crippen molar-refractivity contribution in [3.05, 3.63) is 59.7 Å². The number of benzene rings is 2. The molecule has 0 radical (unpaired) electrons. The summed E-state index contributed by atoms with van der Waals surface area (Å²) in [6.45, 7) is 5.94. The highest BCUT2D eigenvalue weighted by molar-refractivity contribution is 5.95. The van der Waals surface area contributed by atoms with E-state index >= 15 is 0 Å². The van der Waals surface area contributed by atoms with Gasteiger partial charge in [-0.3, -0.25) is 14.5 Å². The third kappa shape index (κ3) is 5.23. The number of morpholine rings is 1. The zero-order valence-electron chi connectivity index (χ0n) is 20.5. The maximum absolute atomic E-state index is 13.2. The lowest BCUT2D eigenvalue weighted by atomic mass is 9.89. The van der Waals surface area contributed by atoms with Gasteiger partial charge < -0.3 is 19.3 Å². The Morgan fingerprint density at radius 2 is 1.67 bits per heavy atom. The van der Waals surface area contributed by atoms with Gasteiger partial charge in [0, 0.05) is 38.3 Å². The van der Waals surface area contributed by atoms with Crippen LogP contribution in [0.4, 0.5) is 5.69 Å². The minimum Gasteiger partial charge on any atom is -0.478 e. The molecule has 5 rings (SSSR count). The Morgan fingerprint density at radius 1 is 0.944 bits per heavy atom. The van der Waals surface area contributed by atoms with Crippen molar-refractivity contribution < 1.29 is 19.1 Å². The summed E-state index contributed by atoms with van der Waals surface area (Å²) in [5.74, 6) is 0.729. The number of hydrogen-bond acceptors (Lipinski definition) is 6. The lowest BCUT2D eigenvalue weighted by Gasteiger charge is -2.47. The van der Waals surface area contributed by atoms with E-state index in [0.717, 1.165) is 69.9 Å². The molecule has 2 atom stereocenters. The molecule has 36 heavy (non-hydrogen) atoms. The van der Waals surface area contributed by atoms with Crippen molar-refractivity contribution in [2.75, 3.05) is 50.8 Å². The normalized spacial score (nSPS) is 22.4. The average molecular weight is 489 g/mol. The summed E-state index contributed by atoms with van der Waals surface area (Å²) in [6, 6.07) is 16.8. The molecule has 0 aromatic heterocycles. The minimum absolute atomic E-state index is 0.0190. The Kier molecular flexibility index (Phi) is 7.49. The predicted molar refractivity (Wildman–Crippen MR) is 135 cm³/mol. The fraction of sp³-hybridized carbons (Fsp3) is 0.464. The van der Waals surface area contributed by atoms with Crippen LogP contribution >= 0.6 is 0 Å². The van der Waals surface area contributed by atoms with Gasteiger partial charge in [0.25, 0.3) is 5.91 Å². The molecule has 2 amide bonds. The molecule has 188 valence electrons. The van der Waals surface area contributed by atoms with E-state index in [1.54, 1.807) is 17.0 Å². The SMILES string of the molecule is N#Cc1ccc(C2C(Oc3ccc(N4CCCC4=O)cc3)C(=O)N2CCCCN2CCOCC2)cc1. The lowest BCUT2D eigenvalue weighted by molar-refractivity contribution is -0.164. The molecule has 8 nitrogen and oxygen atoms in total. The number of rotatable bonds is 9. The molecule has 2 unspecified atom stereocenters. The Hall–Kier alpha value is -3.41. The summed E-state index contributed by atoms with van der Waals surface area (Å²) in [5.41, 5.74) is 2.41. The van der Waals surface area contributed by atoms with Crippen LogP contribution in [0, 0.1) is 11.3 Å². The topological polar surface area (TPSA) is 86.1 Å². The van der Waals surface area contributed by atoms with Gasteiger partial charge >= 0.3 is 0 Å². The number of nitrogens with zero attached hydrogens (tertiary/aromatic N) is 4. The number of likely N-dealkylation sites (tertiary alicyclic amines) is 1. The van der Waals surface area contributed by atoms with E-state index < -0.39 is 6.10 Å². The molecule has 3 heterocycles. The van der Waals surface area contributed by atoms with Gasteiger partial charge in [0.05, 0.1) is 24.8 Å². The number of unbranched alkanes of at least 4 members (excludes halogenated alkanes) is 1. The van der Waals surface area contributed by atoms with Crippen molar-refractivity contribution in [1.82, 2.24) is 9.80 Å². The fourth-order valence-electron chi connectivity index (χ4n) is 5.21. The average Bonchev–Trinajstić information content (AvgIpc) is 3.36. The van der Waals surface area contributed by atoms with E-state index in [4.69, 9.17) is 9.47 Å². The van der Waals surface area contributed by atoms with E-state index in [2.05, 4.69) is 11.0 Å². The van der Waals surface area contributed by atoms with E-state index in [0.29, 0.717) is 24.3 Å². The number of nitriles is 1. The molecule has 8 heteroatoms. The summed E-state index contributed by atoms with van der Waals surface area (Å²) in [6.07, 6.45) is 2.79. The summed E-state index contributed by atoms with van der Waals surface area (Å²) < 4.78 is 11.6. The van der Waals surface area contributed by atoms with Crippen molar-refractivity contribution in [2.45, 2.75) is 37.8 Å². The molecule has 0 saturated carbocycles. The summed E-state index contributed by atoms with van der Waals surface area (Å²) >= 11 is 0. The molecule has 3 saturated heterocycles. The largest absolute Gasteiger partial charge is 0.478 e. The van der Waals surface area contributed by atoms with Crippen LogP contribution in [0.15, 0.2) is 48.5 Å². The summed E-state index contributed by atoms with van der Waals surface area (Å²) in [5, 5.41) is 9.17. The molecule has 3 aliphatic heterocycles. The Labute approximate surface area is 212 Å². The van der Waals surface area contributed by atoms with Crippen LogP contribution in [-0.2, 0) is 14.3 Å². The zero-order chi connectivity index (χ0) is 24.9. The van der Waals surface area contributed by atoms with Crippen LogP contribution in [0.2, 0.25) is 0 Å². The fourth-order valence-corrected chi connectivity index (χ4v) is 5.21. The van der Waals surface area contributed by atoms with Crippen LogP contribution in [0.5, 0.6) is 5.75 Å². The highest BCUT2D eigenvalue weighted by atomic mass is 16.5. The van der Waals surface area contributed by atoms with Gasteiger partial charge in [-0.15, -0.1) is 0 Å². The number of hydrogen-bond donors (Lipinski definition) is 0. The summed E-state index contributed by atoms with van der Waals surface area (Å²) in [7, 11) is 0. The Bertz CT molecular complexity index is 1110. The van der Waals surface area contributed by atoms with Crippen molar-refractivity contribution in [1.29, 1.82) is 5.26 Å². The maximum Gasteiger partial charge on any atom is 0.266 e. The van der Waals surface area contributed by atoms with Gasteiger partial charge in [-0.2, -0.15) is 5.26 Å². The minimum atomic E-state index is -0.614. The maximum atomic E-state index is 13.2. The molecule has 0 aliphatic carbocycles. The molecule has 0 N–H and O–H groups in total. The third-order valence-electron chi connectivity index (χ3n) is 7.24. The first-order valence-corrected chi connectivity index (χ1v) is 12.8. The highest BCUT2D eigenvalue weighted by Gasteiger charge is 2.49. The quantitative estimate of drug-likeness (QED) is 0.398. The number of carbonyl (C=O) groups excluding carboxylic acids is 2. The van der Waals surface area contributed by atoms with E-state index in [1.807, 2.05) is 41.3 Å². The van der Waals surface area contributed by atoms with Crippen molar-refractivity contribution >= 4 is 17.5 Å². The first kappa shape index (κ1) is 24.3. The third-order valence-corrected chi connectivity index (χ3v) is 7.24. The molecule has 0 spiro atoms. The van der Waals surface area contributed by atoms with Gasteiger partial charge in [-0.25, -0.2) is 0 Å². The molecule has 0 bridgehead atoms. The number of β-lactam (4-membered cyclic amide) rings is 1. The smallest absolute Gasteiger partial charge is 0.266 e. The molecule has 2 aromatic rings. The molecule has 3 fully saturated rings. The molecule has 2 aromatic carbocycles. The van der Waals surface area contributed by atoms with Crippen LogP contribution < -0.4 is 9.64 Å². The van der Waals surface area contributed by atoms with Gasteiger partial charge in [-0.1, -0.05) is 12.1 Å². The van der Waals surface area contributed by atoms with Gasteiger partial charge in [0.15, 0.2) is 0 Å². The molecule has 3 aliphatic rings. The van der Waals surface area contributed by atoms with Gasteiger partial charge in [0.1, 0.15) is 11.8 Å². The number of ether oxygens (including phenoxy) is 2. The Morgan fingerprint density at radius 3 is 2.33 bits per heavy atom. The van der Waals surface area contributed by atoms with Crippen molar-refractivity contribution in [3.63, 3.8) is 0 Å². The number of anilines is 1. The molecular formula is C28H32N4O4. The second-order valence-corrected chi connectivity index (χ2v) is 9.55. The van der Waals surface area contributed by atoms with Crippen molar-refractivity contribution in [3.8, 4) is 11.8 Å². The van der Waals surface area contributed by atoms with Gasteiger partial charge in [0.2, 0.25) is 12.0 Å². The zero-order valence-corrected chi connectivity index (χ0v) is 20.5. The number of amides is 2.